The summed E-state index contributed by atoms with van der Waals surface area (Å²) in [6.45, 7) is 5.21. The second-order valence-corrected chi connectivity index (χ2v) is 5.01. The van der Waals surface area contributed by atoms with Crippen LogP contribution in [-0.2, 0) is 4.74 Å². The van der Waals surface area contributed by atoms with E-state index in [9.17, 15) is 0 Å². The summed E-state index contributed by atoms with van der Waals surface area (Å²) in [5.74, 6) is 0. The maximum Gasteiger partial charge on any atom is 0.0724 e. The quantitative estimate of drug-likeness (QED) is 0.701. The van der Waals surface area contributed by atoms with Gasteiger partial charge in [0.2, 0.25) is 0 Å². The van der Waals surface area contributed by atoms with E-state index in [1.54, 1.807) is 7.11 Å². The first-order valence-electron chi connectivity index (χ1n) is 5.46. The molecule has 0 bridgehead atoms. The molecular weight excluding hydrogens is 178 g/mol. The molecule has 0 spiro atoms. The van der Waals surface area contributed by atoms with Crippen molar-refractivity contribution < 1.29 is 9.84 Å². The van der Waals surface area contributed by atoms with Crippen molar-refractivity contribution in [3.63, 3.8) is 0 Å². The highest BCUT2D eigenvalue weighted by Crippen LogP contribution is 2.22. The third-order valence-electron chi connectivity index (χ3n) is 3.03. The molecule has 3 heteroatoms. The van der Waals surface area contributed by atoms with Crippen molar-refractivity contribution in [1.29, 1.82) is 0 Å². The average Bonchev–Trinajstić information content (AvgIpc) is 2.62. The van der Waals surface area contributed by atoms with Gasteiger partial charge in [0.1, 0.15) is 0 Å². The number of methoxy groups -OCH3 is 1. The smallest absolute Gasteiger partial charge is 0.0724 e. The molecule has 0 aromatic heterocycles. The van der Waals surface area contributed by atoms with Gasteiger partial charge in [-0.15, -0.1) is 0 Å². The van der Waals surface area contributed by atoms with Crippen LogP contribution in [0.3, 0.4) is 0 Å². The summed E-state index contributed by atoms with van der Waals surface area (Å²) in [4.78, 5) is 0. The molecule has 2 atom stereocenters. The van der Waals surface area contributed by atoms with Crippen molar-refractivity contribution in [2.75, 3.05) is 20.3 Å². The van der Waals surface area contributed by atoms with Gasteiger partial charge < -0.3 is 15.2 Å². The van der Waals surface area contributed by atoms with E-state index >= 15 is 0 Å². The lowest BCUT2D eigenvalue weighted by Gasteiger charge is -2.27. The Balaban J connectivity index is 2.30. The predicted octanol–water partition coefficient (Wildman–Crippen LogP) is 1.16. The van der Waals surface area contributed by atoms with E-state index in [0.29, 0.717) is 12.1 Å². The third kappa shape index (κ3) is 3.23. The molecular formula is C11H23NO2. The van der Waals surface area contributed by atoms with Crippen molar-refractivity contribution in [2.24, 2.45) is 5.41 Å². The molecule has 0 aliphatic heterocycles. The van der Waals surface area contributed by atoms with Crippen LogP contribution >= 0.6 is 0 Å². The molecule has 1 aliphatic rings. The van der Waals surface area contributed by atoms with Crippen LogP contribution in [0.15, 0.2) is 0 Å². The number of rotatable bonds is 5. The molecule has 1 saturated carbocycles. The Kier molecular flexibility index (Phi) is 4.35. The van der Waals surface area contributed by atoms with Gasteiger partial charge in [0.05, 0.1) is 6.10 Å². The monoisotopic (exact) mass is 201 g/mol. The standard InChI is InChI=1S/C11H23NO2/c1-11(2,8-13)7-12-9-5-4-6-10(9)14-3/h9-10,12-13H,4-8H2,1-3H3. The Labute approximate surface area is 86.8 Å². The molecule has 0 aromatic rings. The summed E-state index contributed by atoms with van der Waals surface area (Å²) in [5.41, 5.74) is -0.0269. The molecule has 2 N–H and O–H groups in total. The van der Waals surface area contributed by atoms with Crippen LogP contribution in [0.4, 0.5) is 0 Å². The second-order valence-electron chi connectivity index (χ2n) is 5.01. The minimum Gasteiger partial charge on any atom is -0.396 e. The van der Waals surface area contributed by atoms with Crippen LogP contribution in [0.5, 0.6) is 0 Å². The molecule has 0 aromatic carbocycles. The Morgan fingerprint density at radius 3 is 2.71 bits per heavy atom. The topological polar surface area (TPSA) is 41.5 Å². The van der Waals surface area contributed by atoms with Crippen molar-refractivity contribution >= 4 is 0 Å². The fraction of sp³-hybridized carbons (Fsp3) is 1.00. The summed E-state index contributed by atoms with van der Waals surface area (Å²) >= 11 is 0. The van der Waals surface area contributed by atoms with Gasteiger partial charge >= 0.3 is 0 Å². The Morgan fingerprint density at radius 2 is 2.14 bits per heavy atom. The fourth-order valence-electron chi connectivity index (χ4n) is 1.90. The van der Waals surface area contributed by atoms with E-state index in [4.69, 9.17) is 9.84 Å². The van der Waals surface area contributed by atoms with Gasteiger partial charge in [-0.1, -0.05) is 13.8 Å². The first kappa shape index (κ1) is 12.0. The zero-order valence-electron chi connectivity index (χ0n) is 9.55. The summed E-state index contributed by atoms with van der Waals surface area (Å²) in [7, 11) is 1.78. The molecule has 1 fully saturated rings. The van der Waals surface area contributed by atoms with Crippen molar-refractivity contribution in [3.05, 3.63) is 0 Å². The predicted molar refractivity (Wildman–Crippen MR) is 57.3 cm³/mol. The van der Waals surface area contributed by atoms with Crippen LogP contribution in [-0.4, -0.2) is 37.5 Å². The van der Waals surface area contributed by atoms with Gasteiger partial charge in [-0.05, 0) is 19.3 Å². The first-order valence-corrected chi connectivity index (χ1v) is 5.46. The summed E-state index contributed by atoms with van der Waals surface area (Å²) < 4.78 is 5.40. The fourth-order valence-corrected chi connectivity index (χ4v) is 1.90. The van der Waals surface area contributed by atoms with E-state index in [2.05, 4.69) is 19.2 Å². The average molecular weight is 201 g/mol. The zero-order chi connectivity index (χ0) is 10.6. The summed E-state index contributed by atoms with van der Waals surface area (Å²) in [5, 5.41) is 12.6. The molecule has 1 aliphatic carbocycles. The van der Waals surface area contributed by atoms with Gasteiger partial charge in [0.15, 0.2) is 0 Å². The first-order chi connectivity index (χ1) is 6.59. The number of hydrogen-bond acceptors (Lipinski definition) is 3. The van der Waals surface area contributed by atoms with E-state index in [-0.39, 0.29) is 12.0 Å². The normalized spacial score (nSPS) is 28.3. The molecule has 84 valence electrons. The van der Waals surface area contributed by atoms with Gasteiger partial charge in [-0.3, -0.25) is 0 Å². The minimum absolute atomic E-state index is 0.0269. The highest BCUT2D eigenvalue weighted by Gasteiger charge is 2.28. The lowest BCUT2D eigenvalue weighted by Crippen LogP contribution is -2.42. The second kappa shape index (κ2) is 5.10. The number of nitrogens with one attached hydrogen (secondary N) is 1. The Bertz CT molecular complexity index is 171. The van der Waals surface area contributed by atoms with Gasteiger partial charge in [0, 0.05) is 31.7 Å². The van der Waals surface area contributed by atoms with Gasteiger partial charge in [0.25, 0.3) is 0 Å². The highest BCUT2D eigenvalue weighted by molar-refractivity contribution is 4.85. The minimum atomic E-state index is -0.0269. The number of ether oxygens (including phenoxy) is 1. The van der Waals surface area contributed by atoms with E-state index in [1.165, 1.54) is 12.8 Å². The highest BCUT2D eigenvalue weighted by atomic mass is 16.5. The van der Waals surface area contributed by atoms with Gasteiger partial charge in [-0.25, -0.2) is 0 Å². The Morgan fingerprint density at radius 1 is 1.43 bits per heavy atom. The molecule has 1 rings (SSSR count). The van der Waals surface area contributed by atoms with Crippen LogP contribution in [0, 0.1) is 5.41 Å². The molecule has 14 heavy (non-hydrogen) atoms. The SMILES string of the molecule is COC1CCCC1NCC(C)(C)CO. The molecule has 3 nitrogen and oxygen atoms in total. The van der Waals surface area contributed by atoms with Crippen molar-refractivity contribution in [2.45, 2.75) is 45.3 Å². The molecule has 0 heterocycles. The van der Waals surface area contributed by atoms with E-state index in [0.717, 1.165) is 13.0 Å². The molecule has 0 saturated heterocycles. The summed E-state index contributed by atoms with van der Waals surface area (Å²) in [6, 6.07) is 0.478. The maximum atomic E-state index is 9.12. The molecule has 0 amide bonds. The van der Waals surface area contributed by atoms with Crippen LogP contribution in [0.2, 0.25) is 0 Å². The number of aliphatic hydroxyl groups is 1. The largest absolute Gasteiger partial charge is 0.396 e. The maximum absolute atomic E-state index is 9.12. The lowest BCUT2D eigenvalue weighted by atomic mass is 9.94. The lowest BCUT2D eigenvalue weighted by molar-refractivity contribution is 0.0765. The zero-order valence-corrected chi connectivity index (χ0v) is 9.55. The van der Waals surface area contributed by atoms with Crippen LogP contribution < -0.4 is 5.32 Å². The van der Waals surface area contributed by atoms with Crippen LogP contribution in [0.25, 0.3) is 0 Å². The van der Waals surface area contributed by atoms with Crippen molar-refractivity contribution in [1.82, 2.24) is 5.32 Å². The molecule has 0 radical (unpaired) electrons. The summed E-state index contributed by atoms with van der Waals surface area (Å²) in [6.07, 6.45) is 3.97. The van der Waals surface area contributed by atoms with Gasteiger partial charge in [-0.2, -0.15) is 0 Å². The van der Waals surface area contributed by atoms with E-state index in [1.807, 2.05) is 0 Å². The van der Waals surface area contributed by atoms with E-state index < -0.39 is 0 Å². The third-order valence-corrected chi connectivity index (χ3v) is 3.03. The van der Waals surface area contributed by atoms with Crippen LogP contribution in [0.1, 0.15) is 33.1 Å². The number of hydrogen-bond donors (Lipinski definition) is 2. The Hall–Kier alpha value is -0.120. The molecule has 2 unspecified atom stereocenters. The number of aliphatic hydroxyl groups excluding tert-OH is 1. The van der Waals surface area contributed by atoms with Crippen molar-refractivity contribution in [3.8, 4) is 0 Å².